The lowest BCUT2D eigenvalue weighted by molar-refractivity contribution is -0.145. The van der Waals surface area contributed by atoms with Gasteiger partial charge in [0.25, 0.3) is 0 Å². The number of carbonyl (C=O) groups excluding carboxylic acids is 1. The summed E-state index contributed by atoms with van der Waals surface area (Å²) < 4.78 is 16.5. The lowest BCUT2D eigenvalue weighted by Crippen LogP contribution is -2.19. The van der Waals surface area contributed by atoms with Crippen LogP contribution in [0.5, 0.6) is 5.75 Å². The predicted molar refractivity (Wildman–Crippen MR) is 105 cm³/mol. The normalized spacial score (nSPS) is 10.8. The molecule has 0 unspecified atom stereocenters. The zero-order chi connectivity index (χ0) is 19.6. The van der Waals surface area contributed by atoms with E-state index >= 15 is 0 Å². The number of esters is 1. The fourth-order valence-corrected chi connectivity index (χ4v) is 3.14. The summed E-state index contributed by atoms with van der Waals surface area (Å²) in [6.07, 6.45) is 0. The van der Waals surface area contributed by atoms with Crippen LogP contribution in [0.25, 0.3) is 22.3 Å². The Balaban J connectivity index is 2.24. The molecule has 0 aliphatic heterocycles. The van der Waals surface area contributed by atoms with Gasteiger partial charge in [0.05, 0.1) is 17.0 Å². The summed E-state index contributed by atoms with van der Waals surface area (Å²) in [6, 6.07) is 10.6. The maximum atomic E-state index is 13.1. The summed E-state index contributed by atoms with van der Waals surface area (Å²) in [5, 5.41) is 0.799. The summed E-state index contributed by atoms with van der Waals surface area (Å²) in [7, 11) is 0. The highest BCUT2D eigenvalue weighted by Crippen LogP contribution is 2.36. The second kappa shape index (κ2) is 7.84. The first-order valence-electron chi connectivity index (χ1n) is 8.53. The van der Waals surface area contributed by atoms with Crippen molar-refractivity contribution in [1.29, 1.82) is 0 Å². The highest BCUT2D eigenvalue weighted by molar-refractivity contribution is 6.33. The fraction of sp³-hybridized carbons (Fsp3) is 0.238. The molecule has 3 rings (SSSR count). The number of aryl methyl sites for hydroxylation is 2. The minimum absolute atomic E-state index is 0.0614. The van der Waals surface area contributed by atoms with Gasteiger partial charge >= 0.3 is 5.97 Å². The summed E-state index contributed by atoms with van der Waals surface area (Å²) in [4.78, 5) is 24.8. The first kappa shape index (κ1) is 19.0. The number of rotatable bonds is 5. The molecule has 0 aliphatic carbocycles. The maximum Gasteiger partial charge on any atom is 0.344 e. The van der Waals surface area contributed by atoms with E-state index in [1.165, 1.54) is 0 Å². The van der Waals surface area contributed by atoms with Crippen molar-refractivity contribution < 1.29 is 18.7 Å². The van der Waals surface area contributed by atoms with E-state index in [2.05, 4.69) is 0 Å². The van der Waals surface area contributed by atoms with E-state index in [1.807, 2.05) is 19.9 Å². The van der Waals surface area contributed by atoms with Crippen molar-refractivity contribution in [2.24, 2.45) is 0 Å². The van der Waals surface area contributed by atoms with Gasteiger partial charge in [0.15, 0.2) is 12.4 Å². The number of carbonyl (C=O) groups is 1. The van der Waals surface area contributed by atoms with Gasteiger partial charge in [-0.2, -0.15) is 0 Å². The third-order valence-electron chi connectivity index (χ3n) is 4.04. The highest BCUT2D eigenvalue weighted by Gasteiger charge is 2.21. The molecule has 0 saturated heterocycles. The molecule has 140 valence electrons. The number of hydrogen-bond acceptors (Lipinski definition) is 5. The molecule has 3 aromatic rings. The van der Waals surface area contributed by atoms with Crippen molar-refractivity contribution >= 4 is 28.5 Å². The third kappa shape index (κ3) is 3.83. The van der Waals surface area contributed by atoms with E-state index in [9.17, 15) is 9.59 Å². The Hall–Kier alpha value is -2.79. The number of benzene rings is 2. The average molecular weight is 387 g/mol. The molecule has 2 aromatic carbocycles. The zero-order valence-electron chi connectivity index (χ0n) is 15.3. The highest BCUT2D eigenvalue weighted by atomic mass is 35.5. The average Bonchev–Trinajstić information content (AvgIpc) is 2.62. The molecule has 0 amide bonds. The van der Waals surface area contributed by atoms with E-state index in [1.54, 1.807) is 37.3 Å². The van der Waals surface area contributed by atoms with Crippen LogP contribution >= 0.6 is 11.6 Å². The first-order valence-corrected chi connectivity index (χ1v) is 8.91. The van der Waals surface area contributed by atoms with Crippen molar-refractivity contribution in [3.8, 4) is 17.1 Å². The van der Waals surface area contributed by atoms with Crippen molar-refractivity contribution in [1.82, 2.24) is 0 Å². The number of halogens is 1. The number of fused-ring (bicyclic) bond motifs is 1. The molecule has 5 nitrogen and oxygen atoms in total. The van der Waals surface area contributed by atoms with Crippen LogP contribution in [0, 0.1) is 13.8 Å². The summed E-state index contributed by atoms with van der Waals surface area (Å²) >= 11 is 6.30. The molecule has 0 bridgehead atoms. The van der Waals surface area contributed by atoms with E-state index in [0.717, 1.165) is 11.1 Å². The Labute approximate surface area is 161 Å². The van der Waals surface area contributed by atoms with Crippen LogP contribution < -0.4 is 10.2 Å². The molecule has 0 aliphatic rings. The van der Waals surface area contributed by atoms with Gasteiger partial charge in [-0.3, -0.25) is 4.79 Å². The molecular weight excluding hydrogens is 368 g/mol. The Morgan fingerprint density at radius 1 is 1.19 bits per heavy atom. The largest absolute Gasteiger partial charge is 0.474 e. The van der Waals surface area contributed by atoms with Crippen molar-refractivity contribution in [3.63, 3.8) is 0 Å². The molecule has 1 aromatic heterocycles. The molecule has 27 heavy (non-hydrogen) atoms. The second-order valence-electron chi connectivity index (χ2n) is 6.12. The predicted octanol–water partition coefficient (Wildman–Crippen LogP) is 4.67. The zero-order valence-corrected chi connectivity index (χ0v) is 16.1. The molecule has 1 heterocycles. The van der Waals surface area contributed by atoms with Gasteiger partial charge < -0.3 is 13.9 Å². The SMILES string of the molecule is CCOC(=O)COc1c(-c2ccccc2Cl)oc2c(C)cc(C)cc2c1=O. The monoisotopic (exact) mass is 386 g/mol. The molecule has 0 saturated carbocycles. The quantitative estimate of drug-likeness (QED) is 0.596. The lowest BCUT2D eigenvalue weighted by atomic mass is 10.1. The minimum Gasteiger partial charge on any atom is -0.474 e. The molecule has 0 N–H and O–H groups in total. The van der Waals surface area contributed by atoms with Crippen molar-refractivity contribution in [3.05, 3.63) is 62.8 Å². The van der Waals surface area contributed by atoms with Gasteiger partial charge in [0, 0.05) is 5.56 Å². The van der Waals surface area contributed by atoms with Gasteiger partial charge in [-0.15, -0.1) is 0 Å². The Kier molecular flexibility index (Phi) is 5.51. The van der Waals surface area contributed by atoms with E-state index in [-0.39, 0.29) is 23.5 Å². The number of hydrogen-bond donors (Lipinski definition) is 0. The van der Waals surface area contributed by atoms with Crippen LogP contribution in [0.3, 0.4) is 0 Å². The van der Waals surface area contributed by atoms with E-state index in [4.69, 9.17) is 25.5 Å². The topological polar surface area (TPSA) is 65.7 Å². The smallest absolute Gasteiger partial charge is 0.344 e. The molecular formula is C21H19ClO5. The van der Waals surface area contributed by atoms with Crippen LogP contribution in [0.1, 0.15) is 18.1 Å². The van der Waals surface area contributed by atoms with Gasteiger partial charge in [-0.25, -0.2) is 4.79 Å². The molecule has 0 radical (unpaired) electrons. The first-order chi connectivity index (χ1) is 12.9. The minimum atomic E-state index is -0.567. The fourth-order valence-electron chi connectivity index (χ4n) is 2.92. The van der Waals surface area contributed by atoms with Crippen LogP contribution in [0.4, 0.5) is 0 Å². The molecule has 0 atom stereocenters. The summed E-state index contributed by atoms with van der Waals surface area (Å²) in [5.41, 5.74) is 2.37. The van der Waals surface area contributed by atoms with Crippen molar-refractivity contribution in [2.75, 3.05) is 13.2 Å². The van der Waals surface area contributed by atoms with Gasteiger partial charge in [0.1, 0.15) is 5.58 Å². The van der Waals surface area contributed by atoms with Crippen molar-refractivity contribution in [2.45, 2.75) is 20.8 Å². The van der Waals surface area contributed by atoms with Gasteiger partial charge in [-0.05, 0) is 50.1 Å². The van der Waals surface area contributed by atoms with Gasteiger partial charge in [-0.1, -0.05) is 29.8 Å². The Bertz CT molecular complexity index is 1070. The van der Waals surface area contributed by atoms with Crippen LogP contribution in [0.15, 0.2) is 45.6 Å². The molecule has 0 spiro atoms. The van der Waals surface area contributed by atoms with Crippen LogP contribution in [0.2, 0.25) is 5.02 Å². The summed E-state index contributed by atoms with van der Waals surface area (Å²) in [5.74, 6) is -0.439. The molecule has 0 fully saturated rings. The summed E-state index contributed by atoms with van der Waals surface area (Å²) in [6.45, 7) is 5.29. The maximum absolute atomic E-state index is 13.1. The Morgan fingerprint density at radius 3 is 2.63 bits per heavy atom. The molecule has 6 heteroatoms. The van der Waals surface area contributed by atoms with E-state index < -0.39 is 12.6 Å². The van der Waals surface area contributed by atoms with Crippen LogP contribution in [-0.2, 0) is 9.53 Å². The third-order valence-corrected chi connectivity index (χ3v) is 4.37. The van der Waals surface area contributed by atoms with Gasteiger partial charge in [0.2, 0.25) is 11.2 Å². The lowest BCUT2D eigenvalue weighted by Gasteiger charge is -2.13. The van der Waals surface area contributed by atoms with E-state index in [0.29, 0.717) is 21.6 Å². The Morgan fingerprint density at radius 2 is 1.93 bits per heavy atom. The number of ether oxygens (including phenoxy) is 2. The van der Waals surface area contributed by atoms with Crippen LogP contribution in [-0.4, -0.2) is 19.2 Å². The standard InChI is InChI=1S/C21H19ClO5/c1-4-25-17(23)11-26-21-18(24)15-10-12(2)9-13(3)19(15)27-20(21)14-7-5-6-8-16(14)22/h5-10H,4,11H2,1-3H3. The second-order valence-corrected chi connectivity index (χ2v) is 6.53.